The average molecular weight is 436 g/mol. The molecule has 3 heteroatoms. The molecule has 0 bridgehead atoms. The van der Waals surface area contributed by atoms with Crippen molar-refractivity contribution >= 4 is 10.8 Å². The monoisotopic (exact) mass is 436 g/mol. The first-order valence-electron chi connectivity index (χ1n) is 9.80. The van der Waals surface area contributed by atoms with Gasteiger partial charge in [-0.1, -0.05) is 53.7 Å². The summed E-state index contributed by atoms with van der Waals surface area (Å²) < 4.78 is 13.2. The molecule has 10 radical (unpaired) electrons. The van der Waals surface area contributed by atoms with Crippen molar-refractivity contribution in [2.45, 2.75) is 64.2 Å². The summed E-state index contributed by atoms with van der Waals surface area (Å²) in [6.07, 6.45) is 17.8. The van der Waals surface area contributed by atoms with E-state index in [9.17, 15) is 4.21 Å². The molecule has 2 fully saturated rings. The topological polar surface area (TPSA) is 17.1 Å². The van der Waals surface area contributed by atoms with E-state index in [-0.39, 0.29) is 17.1 Å². The van der Waals surface area contributed by atoms with Gasteiger partial charge in [-0.15, -0.1) is 0 Å². The van der Waals surface area contributed by atoms with Gasteiger partial charge in [-0.25, -0.2) is 0 Å². The van der Waals surface area contributed by atoms with Gasteiger partial charge in [0.1, 0.15) is 0 Å². The van der Waals surface area contributed by atoms with Crippen molar-refractivity contribution in [1.82, 2.24) is 0 Å². The van der Waals surface area contributed by atoms with Crippen LogP contribution in [0.5, 0.6) is 0 Å². The Hall–Kier alpha value is -0.111. The molecular formula is C25H32FeOS+2. The Bertz CT molecular complexity index is 574. The van der Waals surface area contributed by atoms with E-state index in [1.54, 1.807) is 0 Å². The summed E-state index contributed by atoms with van der Waals surface area (Å²) >= 11 is 0. The summed E-state index contributed by atoms with van der Waals surface area (Å²) in [5, 5.41) is 0.904. The third-order valence-corrected chi connectivity index (χ3v) is 6.21. The molecule has 0 heterocycles. The molecule has 150 valence electrons. The molecule has 0 unspecified atom stereocenters. The number of hydrogen-bond acceptors (Lipinski definition) is 1. The van der Waals surface area contributed by atoms with Crippen LogP contribution in [0.25, 0.3) is 0 Å². The molecule has 2 saturated carbocycles. The molecule has 1 atom stereocenters. The first-order valence-corrected chi connectivity index (χ1v) is 11.0. The molecule has 1 aromatic carbocycles. The Morgan fingerprint density at radius 1 is 0.643 bits per heavy atom. The quantitative estimate of drug-likeness (QED) is 0.479. The molecule has 0 N–H and O–H groups in total. The molecule has 0 amide bonds. The van der Waals surface area contributed by atoms with E-state index in [1.165, 1.54) is 16.7 Å². The van der Waals surface area contributed by atoms with Crippen LogP contribution in [0, 0.1) is 63.0 Å². The maximum atomic E-state index is 13.2. The minimum absolute atomic E-state index is 0. The fourth-order valence-electron chi connectivity index (χ4n) is 3.02. The third kappa shape index (κ3) is 6.99. The van der Waals surface area contributed by atoms with Crippen LogP contribution >= 0.6 is 0 Å². The second kappa shape index (κ2) is 12.6. The van der Waals surface area contributed by atoms with Gasteiger partial charge in [0.2, 0.25) is 0 Å². The first kappa shape index (κ1) is 25.9. The minimum Gasteiger partial charge on any atom is -0.254 e. The standard InChI is InChI=1S/C20H27OS.C5H5.Fe/c1-13(2)16-11-18(14(3)4)20(19(12-16)15(5)6)22(21)17-9-7-8-10-17;1-2-4-5-3-1;/h7-15H,1-6H3;1-5H;/q;;+2/t22-;;/m1../s1. The third-order valence-electron chi connectivity index (χ3n) is 4.67. The zero-order valence-corrected chi connectivity index (χ0v) is 19.7. The van der Waals surface area contributed by atoms with E-state index in [0.717, 1.165) is 10.1 Å². The van der Waals surface area contributed by atoms with E-state index in [4.69, 9.17) is 0 Å². The zero-order valence-electron chi connectivity index (χ0n) is 17.8. The van der Waals surface area contributed by atoms with Crippen LogP contribution < -0.4 is 0 Å². The van der Waals surface area contributed by atoms with E-state index >= 15 is 0 Å². The molecule has 28 heavy (non-hydrogen) atoms. The maximum Gasteiger partial charge on any atom is 2.00 e. The molecule has 0 spiro atoms. The second-order valence-electron chi connectivity index (χ2n) is 7.84. The Balaban J connectivity index is 0.000000567. The maximum absolute atomic E-state index is 13.2. The van der Waals surface area contributed by atoms with E-state index in [0.29, 0.717) is 17.8 Å². The summed E-state index contributed by atoms with van der Waals surface area (Å²) in [5.74, 6) is 1.21. The first-order chi connectivity index (χ1) is 12.8. The fourth-order valence-corrected chi connectivity index (χ4v) is 4.68. The van der Waals surface area contributed by atoms with Crippen molar-refractivity contribution in [1.29, 1.82) is 0 Å². The summed E-state index contributed by atoms with van der Waals surface area (Å²) in [6.45, 7) is 13.2. The normalized spacial score (nSPS) is 18.3. The van der Waals surface area contributed by atoms with Gasteiger partial charge in [-0.3, -0.25) is 4.21 Å². The second-order valence-corrected chi connectivity index (χ2v) is 9.26. The van der Waals surface area contributed by atoms with Gasteiger partial charge >= 0.3 is 17.1 Å². The van der Waals surface area contributed by atoms with Crippen LogP contribution in [0.2, 0.25) is 0 Å². The Morgan fingerprint density at radius 3 is 1.36 bits per heavy atom. The van der Waals surface area contributed by atoms with E-state index in [1.807, 2.05) is 57.8 Å². The SMILES string of the molecule is CC(C)c1cc(C(C)C)c([S@](=O)[C]2[CH][CH][CH][CH]2)c(C(C)C)c1.[CH]1[CH][CH][CH][CH]1.[Fe+2]. The summed E-state index contributed by atoms with van der Waals surface area (Å²) in [5.41, 5.74) is 3.81. The number of rotatable bonds is 5. The number of benzene rings is 1. The Labute approximate surface area is 187 Å². The Morgan fingerprint density at radius 2 is 1.04 bits per heavy atom. The summed E-state index contributed by atoms with van der Waals surface area (Å²) in [7, 11) is -1.10. The zero-order chi connectivity index (χ0) is 20.0. The Kier molecular flexibility index (Phi) is 11.6. The van der Waals surface area contributed by atoms with Gasteiger partial charge in [0.25, 0.3) is 0 Å². The van der Waals surface area contributed by atoms with Crippen LogP contribution in [0.15, 0.2) is 17.0 Å². The molecule has 3 rings (SSSR count). The molecular weight excluding hydrogens is 404 g/mol. The van der Waals surface area contributed by atoms with Crippen LogP contribution in [0.3, 0.4) is 0 Å². The molecule has 2 aliphatic rings. The van der Waals surface area contributed by atoms with Crippen molar-refractivity contribution in [3.8, 4) is 0 Å². The van der Waals surface area contributed by atoms with Crippen molar-refractivity contribution < 1.29 is 21.3 Å². The molecule has 2 aliphatic carbocycles. The van der Waals surface area contributed by atoms with E-state index < -0.39 is 10.8 Å². The predicted octanol–water partition coefficient (Wildman–Crippen LogP) is 6.55. The molecule has 0 aromatic heterocycles. The van der Waals surface area contributed by atoms with Gasteiger partial charge in [-0.2, -0.15) is 0 Å². The van der Waals surface area contributed by atoms with Crippen LogP contribution in [-0.4, -0.2) is 4.21 Å². The summed E-state index contributed by atoms with van der Waals surface area (Å²) in [4.78, 5) is 1.03. The fraction of sp³-hybridized carbons (Fsp3) is 0.360. The molecule has 0 aliphatic heterocycles. The van der Waals surface area contributed by atoms with Gasteiger partial charge in [0.05, 0.1) is 16.0 Å². The average Bonchev–Trinajstić information content (AvgIpc) is 3.35. The molecule has 0 saturated heterocycles. The predicted molar refractivity (Wildman–Crippen MR) is 117 cm³/mol. The van der Waals surface area contributed by atoms with Crippen molar-refractivity contribution in [2.24, 2.45) is 0 Å². The van der Waals surface area contributed by atoms with Crippen molar-refractivity contribution in [2.75, 3.05) is 0 Å². The van der Waals surface area contributed by atoms with E-state index in [2.05, 4.69) is 53.7 Å². The molecule has 1 aromatic rings. The molecule has 1 nitrogen and oxygen atoms in total. The van der Waals surface area contributed by atoms with Crippen LogP contribution in [0.1, 0.15) is 76.0 Å². The number of hydrogen-bond donors (Lipinski definition) is 0. The largest absolute Gasteiger partial charge is 2.00 e. The van der Waals surface area contributed by atoms with Crippen LogP contribution in [-0.2, 0) is 27.9 Å². The van der Waals surface area contributed by atoms with Gasteiger partial charge in [-0.05, 0) is 92.2 Å². The van der Waals surface area contributed by atoms with Gasteiger partial charge in [0, 0.05) is 4.90 Å². The van der Waals surface area contributed by atoms with Gasteiger partial charge in [0.15, 0.2) is 0 Å². The minimum atomic E-state index is -1.10. The van der Waals surface area contributed by atoms with Crippen LogP contribution in [0.4, 0.5) is 0 Å². The smallest absolute Gasteiger partial charge is 0.254 e. The van der Waals surface area contributed by atoms with Crippen molar-refractivity contribution in [3.63, 3.8) is 0 Å². The van der Waals surface area contributed by atoms with Crippen molar-refractivity contribution in [3.05, 3.63) is 91.9 Å². The summed E-state index contributed by atoms with van der Waals surface area (Å²) in [6, 6.07) is 4.52. The van der Waals surface area contributed by atoms with Gasteiger partial charge < -0.3 is 0 Å².